The lowest BCUT2D eigenvalue weighted by molar-refractivity contribution is -0.132. The second kappa shape index (κ2) is 6.75. The molecule has 2 aliphatic rings. The van der Waals surface area contributed by atoms with Gasteiger partial charge in [0.2, 0.25) is 5.91 Å². The van der Waals surface area contributed by atoms with Crippen molar-refractivity contribution in [3.05, 3.63) is 29.3 Å². The fourth-order valence-electron chi connectivity index (χ4n) is 3.68. The molecule has 0 aliphatic carbocycles. The van der Waals surface area contributed by atoms with E-state index < -0.39 is 9.84 Å². The van der Waals surface area contributed by atoms with Crippen LogP contribution in [0.5, 0.6) is 0 Å². The number of benzene rings is 1. The van der Waals surface area contributed by atoms with Crippen molar-refractivity contribution >= 4 is 21.4 Å². The fraction of sp³-hybridized carbons (Fsp3) is 0.611. The zero-order valence-corrected chi connectivity index (χ0v) is 15.3. The number of amides is 1. The molecule has 6 heteroatoms. The SMILES string of the molecule is Cc1cccc(N2CCN(C(=O)C[C@H]3CCS(=O)(=O)C3)CC2)c1C. The highest BCUT2D eigenvalue weighted by molar-refractivity contribution is 7.91. The van der Waals surface area contributed by atoms with Crippen LogP contribution in [0.25, 0.3) is 0 Å². The summed E-state index contributed by atoms with van der Waals surface area (Å²) in [7, 11) is -2.90. The number of aryl methyl sites for hydroxylation is 1. The molecule has 2 saturated heterocycles. The minimum absolute atomic E-state index is 0.0135. The Labute approximate surface area is 144 Å². The maximum atomic E-state index is 12.4. The van der Waals surface area contributed by atoms with Crippen LogP contribution in [-0.2, 0) is 14.6 Å². The molecule has 0 radical (unpaired) electrons. The van der Waals surface area contributed by atoms with Crippen molar-refractivity contribution in [1.29, 1.82) is 0 Å². The van der Waals surface area contributed by atoms with E-state index in [1.165, 1.54) is 16.8 Å². The van der Waals surface area contributed by atoms with Crippen LogP contribution in [0.4, 0.5) is 5.69 Å². The van der Waals surface area contributed by atoms with Gasteiger partial charge >= 0.3 is 0 Å². The lowest BCUT2D eigenvalue weighted by Gasteiger charge is -2.37. The Morgan fingerprint density at radius 3 is 2.50 bits per heavy atom. The number of rotatable bonds is 3. The quantitative estimate of drug-likeness (QED) is 0.834. The van der Waals surface area contributed by atoms with Gasteiger partial charge < -0.3 is 9.80 Å². The molecule has 0 N–H and O–H groups in total. The predicted octanol–water partition coefficient (Wildman–Crippen LogP) is 1.78. The number of nitrogens with zero attached hydrogens (tertiary/aromatic N) is 2. The molecule has 24 heavy (non-hydrogen) atoms. The summed E-state index contributed by atoms with van der Waals surface area (Å²) >= 11 is 0. The van der Waals surface area contributed by atoms with Gasteiger partial charge in [0, 0.05) is 38.3 Å². The van der Waals surface area contributed by atoms with E-state index >= 15 is 0 Å². The van der Waals surface area contributed by atoms with Gasteiger partial charge in [-0.1, -0.05) is 12.1 Å². The summed E-state index contributed by atoms with van der Waals surface area (Å²) < 4.78 is 23.1. The van der Waals surface area contributed by atoms with Crippen LogP contribution < -0.4 is 4.90 Å². The molecule has 1 amide bonds. The maximum absolute atomic E-state index is 12.4. The molecule has 0 spiro atoms. The monoisotopic (exact) mass is 350 g/mol. The van der Waals surface area contributed by atoms with E-state index in [2.05, 4.69) is 36.9 Å². The van der Waals surface area contributed by atoms with E-state index in [9.17, 15) is 13.2 Å². The van der Waals surface area contributed by atoms with E-state index in [1.807, 2.05) is 4.90 Å². The Balaban J connectivity index is 1.55. The molecule has 2 heterocycles. The van der Waals surface area contributed by atoms with E-state index in [1.54, 1.807) is 0 Å². The lowest BCUT2D eigenvalue weighted by Crippen LogP contribution is -2.49. The number of piperazine rings is 1. The van der Waals surface area contributed by atoms with Crippen LogP contribution in [0, 0.1) is 19.8 Å². The first-order valence-electron chi connectivity index (χ1n) is 8.65. The molecule has 2 fully saturated rings. The Morgan fingerprint density at radius 2 is 1.88 bits per heavy atom. The molecule has 1 atom stereocenters. The van der Waals surface area contributed by atoms with Gasteiger partial charge in [-0.05, 0) is 43.4 Å². The summed E-state index contributed by atoms with van der Waals surface area (Å²) in [6.07, 6.45) is 1.01. The number of carbonyl (C=O) groups is 1. The standard InChI is InChI=1S/C18H26N2O3S/c1-14-4-3-5-17(15(14)2)19-7-9-20(10-8-19)18(21)12-16-6-11-24(22,23)13-16/h3-5,16H,6-13H2,1-2H3/t16-/m1/s1. The predicted molar refractivity (Wildman–Crippen MR) is 96.1 cm³/mol. The minimum Gasteiger partial charge on any atom is -0.368 e. The molecule has 3 rings (SSSR count). The summed E-state index contributed by atoms with van der Waals surface area (Å²) in [5, 5.41) is 0. The van der Waals surface area contributed by atoms with Crippen molar-refractivity contribution < 1.29 is 13.2 Å². The highest BCUT2D eigenvalue weighted by Gasteiger charge is 2.31. The van der Waals surface area contributed by atoms with Crippen LogP contribution >= 0.6 is 0 Å². The van der Waals surface area contributed by atoms with E-state index in [-0.39, 0.29) is 23.3 Å². The first-order valence-corrected chi connectivity index (χ1v) is 10.5. The van der Waals surface area contributed by atoms with Crippen molar-refractivity contribution in [3.63, 3.8) is 0 Å². The van der Waals surface area contributed by atoms with Crippen molar-refractivity contribution in [2.45, 2.75) is 26.7 Å². The molecule has 5 nitrogen and oxygen atoms in total. The average Bonchev–Trinajstić information content (AvgIpc) is 2.89. The van der Waals surface area contributed by atoms with Gasteiger partial charge in [-0.3, -0.25) is 4.79 Å². The van der Waals surface area contributed by atoms with Crippen LogP contribution in [0.2, 0.25) is 0 Å². The molecule has 1 aromatic rings. The summed E-state index contributed by atoms with van der Waals surface area (Å²) in [5.74, 6) is 0.546. The van der Waals surface area contributed by atoms with Crippen LogP contribution in [0.15, 0.2) is 18.2 Å². The van der Waals surface area contributed by atoms with Gasteiger partial charge in [-0.2, -0.15) is 0 Å². The van der Waals surface area contributed by atoms with Crippen LogP contribution in [-0.4, -0.2) is 56.9 Å². The zero-order chi connectivity index (χ0) is 17.3. The molecule has 2 aliphatic heterocycles. The smallest absolute Gasteiger partial charge is 0.223 e. The molecule has 0 unspecified atom stereocenters. The number of anilines is 1. The summed E-state index contributed by atoms with van der Waals surface area (Å²) in [5.41, 5.74) is 3.84. The summed E-state index contributed by atoms with van der Waals surface area (Å²) in [6, 6.07) is 6.34. The van der Waals surface area contributed by atoms with Gasteiger partial charge in [0.1, 0.15) is 0 Å². The third-order valence-corrected chi connectivity index (χ3v) is 7.18. The summed E-state index contributed by atoms with van der Waals surface area (Å²) in [4.78, 5) is 16.7. The van der Waals surface area contributed by atoms with Gasteiger partial charge in [-0.25, -0.2) is 8.42 Å². The number of hydrogen-bond donors (Lipinski definition) is 0. The van der Waals surface area contributed by atoms with Gasteiger partial charge in [0.25, 0.3) is 0 Å². The highest BCUT2D eigenvalue weighted by Crippen LogP contribution is 2.25. The second-order valence-electron chi connectivity index (χ2n) is 7.06. The molecular weight excluding hydrogens is 324 g/mol. The number of sulfone groups is 1. The lowest BCUT2D eigenvalue weighted by atomic mass is 10.0. The van der Waals surface area contributed by atoms with Gasteiger partial charge in [0.15, 0.2) is 9.84 Å². The third kappa shape index (κ3) is 3.74. The first-order chi connectivity index (χ1) is 11.4. The van der Waals surface area contributed by atoms with E-state index in [0.29, 0.717) is 25.9 Å². The van der Waals surface area contributed by atoms with Crippen molar-refractivity contribution in [2.75, 3.05) is 42.6 Å². The van der Waals surface area contributed by atoms with E-state index in [0.717, 1.165) is 13.1 Å². The van der Waals surface area contributed by atoms with Crippen LogP contribution in [0.1, 0.15) is 24.0 Å². The number of carbonyl (C=O) groups excluding carboxylic acids is 1. The minimum atomic E-state index is -2.90. The number of hydrogen-bond acceptors (Lipinski definition) is 4. The molecule has 1 aromatic carbocycles. The van der Waals surface area contributed by atoms with Gasteiger partial charge in [0.05, 0.1) is 11.5 Å². The third-order valence-electron chi connectivity index (χ3n) is 5.34. The normalized spacial score (nSPS) is 23.5. The van der Waals surface area contributed by atoms with Crippen molar-refractivity contribution in [2.24, 2.45) is 5.92 Å². The van der Waals surface area contributed by atoms with Gasteiger partial charge in [-0.15, -0.1) is 0 Å². The topological polar surface area (TPSA) is 57.7 Å². The van der Waals surface area contributed by atoms with Crippen LogP contribution in [0.3, 0.4) is 0 Å². The average molecular weight is 350 g/mol. The van der Waals surface area contributed by atoms with Crippen molar-refractivity contribution in [3.8, 4) is 0 Å². The molecule has 0 bridgehead atoms. The zero-order valence-electron chi connectivity index (χ0n) is 14.5. The fourth-order valence-corrected chi connectivity index (χ4v) is 5.55. The molecule has 0 aromatic heterocycles. The highest BCUT2D eigenvalue weighted by atomic mass is 32.2. The molecule has 0 saturated carbocycles. The largest absolute Gasteiger partial charge is 0.368 e. The maximum Gasteiger partial charge on any atom is 0.223 e. The molecular formula is C18H26N2O3S. The first kappa shape index (κ1) is 17.3. The Morgan fingerprint density at radius 1 is 1.17 bits per heavy atom. The Kier molecular flexibility index (Phi) is 4.85. The van der Waals surface area contributed by atoms with Crippen molar-refractivity contribution in [1.82, 2.24) is 4.90 Å². The van der Waals surface area contributed by atoms with E-state index in [4.69, 9.17) is 0 Å². The molecule has 132 valence electrons. The Bertz CT molecular complexity index is 722. The summed E-state index contributed by atoms with van der Waals surface area (Å²) in [6.45, 7) is 7.35. The second-order valence-corrected chi connectivity index (χ2v) is 9.29. The Hall–Kier alpha value is -1.56.